The van der Waals surface area contributed by atoms with Crippen LogP contribution in [0.3, 0.4) is 0 Å². The minimum atomic E-state index is -0.619. The Balaban J connectivity index is 1.33. The van der Waals surface area contributed by atoms with Crippen molar-refractivity contribution < 1.29 is 14.4 Å². The molecule has 40 heavy (non-hydrogen) atoms. The fourth-order valence-electron chi connectivity index (χ4n) is 6.27. The molecule has 1 saturated carbocycles. The van der Waals surface area contributed by atoms with Crippen molar-refractivity contribution in [3.63, 3.8) is 0 Å². The fraction of sp³-hybridized carbons (Fsp3) is 0.567. The number of hydrogen-bond acceptors (Lipinski definition) is 9. The van der Waals surface area contributed by atoms with Crippen LogP contribution >= 0.6 is 11.6 Å². The van der Waals surface area contributed by atoms with E-state index in [2.05, 4.69) is 27.2 Å². The van der Waals surface area contributed by atoms with Crippen LogP contribution in [0.2, 0.25) is 5.02 Å². The molecule has 9 nitrogen and oxygen atoms in total. The first kappa shape index (κ1) is 27.4. The van der Waals surface area contributed by atoms with E-state index in [1.54, 1.807) is 19.2 Å². The Morgan fingerprint density at radius 2 is 1.93 bits per heavy atom. The average Bonchev–Trinajstić information content (AvgIpc) is 3.71. The molecule has 1 aliphatic carbocycles. The highest BCUT2D eigenvalue weighted by atomic mass is 35.5. The van der Waals surface area contributed by atoms with E-state index in [1.807, 2.05) is 19.9 Å². The molecular weight excluding hydrogens is 528 g/mol. The summed E-state index contributed by atoms with van der Waals surface area (Å²) in [5, 5.41) is 17.8. The normalized spacial score (nSPS) is 19.6. The molecule has 214 valence electrons. The maximum absolute atomic E-state index is 10.1. The lowest BCUT2D eigenvalue weighted by Gasteiger charge is -2.54. The molecule has 2 saturated heterocycles. The van der Waals surface area contributed by atoms with Gasteiger partial charge in [-0.3, -0.25) is 4.90 Å². The van der Waals surface area contributed by atoms with Gasteiger partial charge in [-0.1, -0.05) is 16.8 Å². The van der Waals surface area contributed by atoms with Gasteiger partial charge in [0, 0.05) is 49.9 Å². The van der Waals surface area contributed by atoms with Gasteiger partial charge in [0.1, 0.15) is 30.0 Å². The Labute approximate surface area is 240 Å². The predicted octanol–water partition coefficient (Wildman–Crippen LogP) is 4.40. The number of piperidine rings is 1. The first-order valence-corrected chi connectivity index (χ1v) is 14.7. The van der Waals surface area contributed by atoms with E-state index in [-0.39, 0.29) is 6.61 Å². The topological polar surface area (TPSA) is 99.8 Å². The van der Waals surface area contributed by atoms with Gasteiger partial charge < -0.3 is 24.6 Å². The number of aliphatic hydroxyl groups is 1. The molecule has 4 heterocycles. The van der Waals surface area contributed by atoms with Gasteiger partial charge in [-0.25, -0.2) is 9.97 Å². The van der Waals surface area contributed by atoms with Crippen molar-refractivity contribution >= 4 is 17.4 Å². The highest BCUT2D eigenvalue weighted by molar-refractivity contribution is 6.33. The van der Waals surface area contributed by atoms with Crippen LogP contribution in [0.1, 0.15) is 42.7 Å². The third-order valence-electron chi connectivity index (χ3n) is 8.72. The number of halogens is 1. The number of rotatable bonds is 9. The molecule has 3 fully saturated rings. The maximum Gasteiger partial charge on any atom is 0.163 e. The first-order valence-electron chi connectivity index (χ1n) is 14.3. The van der Waals surface area contributed by atoms with Crippen molar-refractivity contribution in [2.75, 3.05) is 51.3 Å². The maximum atomic E-state index is 10.1. The number of benzene rings is 1. The van der Waals surface area contributed by atoms with Crippen molar-refractivity contribution in [1.82, 2.24) is 25.3 Å². The summed E-state index contributed by atoms with van der Waals surface area (Å²) in [6.45, 7) is 11.0. The van der Waals surface area contributed by atoms with Crippen LogP contribution < -0.4 is 15.0 Å². The van der Waals surface area contributed by atoms with Crippen LogP contribution in [0.4, 0.5) is 5.82 Å². The lowest BCUT2D eigenvalue weighted by atomic mass is 9.72. The summed E-state index contributed by atoms with van der Waals surface area (Å²) in [5.74, 6) is 2.79. The van der Waals surface area contributed by atoms with Gasteiger partial charge in [0.15, 0.2) is 5.82 Å². The minimum Gasteiger partial charge on any atom is -0.491 e. The average molecular weight is 567 g/mol. The minimum absolute atomic E-state index is 0.167. The van der Waals surface area contributed by atoms with Crippen molar-refractivity contribution in [3.8, 4) is 28.4 Å². The van der Waals surface area contributed by atoms with E-state index in [9.17, 15) is 5.11 Å². The largest absolute Gasteiger partial charge is 0.491 e. The van der Waals surface area contributed by atoms with Crippen molar-refractivity contribution in [3.05, 3.63) is 40.2 Å². The molecule has 2 aliphatic heterocycles. The summed E-state index contributed by atoms with van der Waals surface area (Å²) in [7, 11) is 1.80. The number of anilines is 1. The lowest BCUT2D eigenvalue weighted by Crippen LogP contribution is -2.61. The van der Waals surface area contributed by atoms with Gasteiger partial charge in [-0.05, 0) is 77.1 Å². The van der Waals surface area contributed by atoms with Crippen LogP contribution in [-0.2, 0) is 0 Å². The highest BCUT2D eigenvalue weighted by Crippen LogP contribution is 2.46. The van der Waals surface area contributed by atoms with E-state index >= 15 is 0 Å². The van der Waals surface area contributed by atoms with Gasteiger partial charge in [0.2, 0.25) is 0 Å². The Morgan fingerprint density at radius 3 is 2.58 bits per heavy atom. The molecular formula is C30H39ClN6O3. The van der Waals surface area contributed by atoms with Gasteiger partial charge in [0.25, 0.3) is 0 Å². The zero-order valence-corrected chi connectivity index (χ0v) is 24.6. The number of aryl methyl sites for hydroxylation is 2. The third kappa shape index (κ3) is 5.32. The second-order valence-corrected chi connectivity index (χ2v) is 12.2. The van der Waals surface area contributed by atoms with Crippen molar-refractivity contribution in [2.24, 2.45) is 5.41 Å². The van der Waals surface area contributed by atoms with Gasteiger partial charge in [0.05, 0.1) is 22.0 Å². The molecule has 1 atom stereocenters. The van der Waals surface area contributed by atoms with E-state index in [1.165, 1.54) is 38.8 Å². The summed E-state index contributed by atoms with van der Waals surface area (Å²) in [5.41, 5.74) is 4.66. The Morgan fingerprint density at radius 1 is 1.18 bits per heavy atom. The third-order valence-corrected chi connectivity index (χ3v) is 9.04. The zero-order valence-electron chi connectivity index (χ0n) is 23.8. The van der Waals surface area contributed by atoms with Gasteiger partial charge >= 0.3 is 0 Å². The molecule has 0 unspecified atom stereocenters. The molecule has 0 bridgehead atoms. The molecule has 2 N–H and O–H groups in total. The van der Waals surface area contributed by atoms with Gasteiger partial charge in [-0.2, -0.15) is 0 Å². The highest BCUT2D eigenvalue weighted by Gasteiger charge is 2.49. The monoisotopic (exact) mass is 566 g/mol. The number of nitrogens with zero attached hydrogens (tertiary/aromatic N) is 5. The van der Waals surface area contributed by atoms with E-state index in [0.29, 0.717) is 34.1 Å². The second-order valence-electron chi connectivity index (χ2n) is 11.8. The molecule has 1 spiro atoms. The number of ether oxygens (including phenoxy) is 1. The van der Waals surface area contributed by atoms with Crippen molar-refractivity contribution in [1.29, 1.82) is 0 Å². The molecule has 0 amide bonds. The Hall–Kier alpha value is -2.72. The molecule has 10 heteroatoms. The van der Waals surface area contributed by atoms with Gasteiger partial charge in [-0.15, -0.1) is 0 Å². The van der Waals surface area contributed by atoms with E-state index in [4.69, 9.17) is 30.8 Å². The molecule has 0 radical (unpaired) electrons. The Kier molecular flexibility index (Phi) is 7.50. The first-order chi connectivity index (χ1) is 19.3. The number of likely N-dealkylation sites (N-methyl/N-ethyl adjacent to an activating group) is 1. The molecule has 3 aromatic rings. The standard InChI is InChI=1S/C30H39ClN6O3/c1-18-27(26-19(2)35-40-20(26)3)33-28(24-13-23(7-8-25(24)31)39-15-22(38)14-32-4)34-29(18)36-11-9-30(10-12-36)16-37(17-30)21-5-6-21/h7-8,13,21-22,32,38H,5-6,9-12,14-17H2,1-4H3/t22-/m1/s1. The predicted molar refractivity (Wildman–Crippen MR) is 156 cm³/mol. The SMILES string of the molecule is CNC[C@@H](O)COc1ccc(Cl)c(-c2nc(-c3c(C)noc3C)c(C)c(N3CCC4(CC3)CN(C3CC3)C4)n2)c1. The summed E-state index contributed by atoms with van der Waals surface area (Å²) < 4.78 is 11.4. The number of hydrogen-bond donors (Lipinski definition) is 2. The van der Waals surface area contributed by atoms with Crippen LogP contribution in [-0.4, -0.2) is 83.7 Å². The smallest absolute Gasteiger partial charge is 0.163 e. The summed E-state index contributed by atoms with van der Waals surface area (Å²) in [6.07, 6.45) is 4.48. The Bertz CT molecular complexity index is 1350. The summed E-state index contributed by atoms with van der Waals surface area (Å²) >= 11 is 6.72. The zero-order chi connectivity index (χ0) is 28.0. The van der Waals surface area contributed by atoms with E-state index in [0.717, 1.165) is 53.2 Å². The van der Waals surface area contributed by atoms with Crippen LogP contribution in [0.5, 0.6) is 5.75 Å². The second kappa shape index (κ2) is 10.9. The summed E-state index contributed by atoms with van der Waals surface area (Å²) in [4.78, 5) is 15.2. The molecule has 3 aliphatic rings. The van der Waals surface area contributed by atoms with Crippen molar-refractivity contribution in [2.45, 2.75) is 58.6 Å². The number of likely N-dealkylation sites (tertiary alicyclic amines) is 1. The fourth-order valence-corrected chi connectivity index (χ4v) is 6.47. The van der Waals surface area contributed by atoms with Crippen LogP contribution in [0.25, 0.3) is 22.6 Å². The number of aromatic nitrogens is 3. The summed E-state index contributed by atoms with van der Waals surface area (Å²) in [6, 6.07) is 6.30. The molecule has 2 aromatic heterocycles. The number of aliphatic hydroxyl groups excluding tert-OH is 1. The van der Waals surface area contributed by atoms with Crippen LogP contribution in [0.15, 0.2) is 22.7 Å². The molecule has 1 aromatic carbocycles. The lowest BCUT2D eigenvalue weighted by molar-refractivity contribution is -0.0242. The quantitative estimate of drug-likeness (QED) is 0.390. The van der Waals surface area contributed by atoms with Crippen LogP contribution in [0, 0.1) is 26.2 Å². The number of nitrogens with one attached hydrogen (secondary N) is 1. The molecule has 6 rings (SSSR count). The van der Waals surface area contributed by atoms with E-state index < -0.39 is 6.10 Å².